The molecule has 0 aromatic rings. The van der Waals surface area contributed by atoms with Gasteiger partial charge in [0, 0.05) is 18.1 Å². The van der Waals surface area contributed by atoms with Crippen molar-refractivity contribution in [1.29, 1.82) is 0 Å². The van der Waals surface area contributed by atoms with Gasteiger partial charge in [-0.05, 0) is 13.8 Å². The van der Waals surface area contributed by atoms with Crippen LogP contribution in [0.25, 0.3) is 0 Å². The van der Waals surface area contributed by atoms with E-state index in [-0.39, 0.29) is 16.9 Å². The summed E-state index contributed by atoms with van der Waals surface area (Å²) in [5.41, 5.74) is -0.167. The molecule has 0 fully saturated rings. The van der Waals surface area contributed by atoms with Crippen LogP contribution in [-0.2, 0) is 19.1 Å². The van der Waals surface area contributed by atoms with Crippen molar-refractivity contribution in [3.05, 3.63) is 22.7 Å². The number of aliphatic hydroxyl groups excluding tert-OH is 1. The summed E-state index contributed by atoms with van der Waals surface area (Å²) >= 11 is 0. The van der Waals surface area contributed by atoms with E-state index in [1.807, 2.05) is 0 Å². The number of aliphatic hydroxyl groups is 1. The van der Waals surface area contributed by atoms with E-state index in [1.54, 1.807) is 0 Å². The monoisotopic (exact) mass is 210 g/mol. The lowest BCUT2D eigenvalue weighted by molar-refractivity contribution is -0.140. The Hall–Kier alpha value is -1.91. The first-order valence-electron chi connectivity index (χ1n) is 4.24. The van der Waals surface area contributed by atoms with Gasteiger partial charge in [0.25, 0.3) is 0 Å². The lowest BCUT2D eigenvalue weighted by Crippen LogP contribution is -2.24. The molecule has 5 heteroatoms. The number of hydrogen-bond donors (Lipinski definition) is 1. The molecule has 1 rings (SSSR count). The highest BCUT2D eigenvalue weighted by Gasteiger charge is 2.32. The molecule has 0 aromatic heterocycles. The van der Waals surface area contributed by atoms with E-state index in [1.165, 1.54) is 13.8 Å². The maximum Gasteiger partial charge on any atom is 0.308 e. The molecule has 0 spiro atoms. The third kappa shape index (κ3) is 1.81. The number of carbonyl (C=O) groups excluding carboxylic acids is 3. The number of allylic oxidation sites excluding steroid dienone is 2. The van der Waals surface area contributed by atoms with Crippen LogP contribution in [0.15, 0.2) is 22.7 Å². The summed E-state index contributed by atoms with van der Waals surface area (Å²) < 4.78 is 4.63. The summed E-state index contributed by atoms with van der Waals surface area (Å²) in [6.07, 6.45) is 0. The molecule has 0 saturated heterocycles. The molecule has 5 nitrogen and oxygen atoms in total. The van der Waals surface area contributed by atoms with Crippen LogP contribution in [0, 0.1) is 0 Å². The molecule has 0 heterocycles. The van der Waals surface area contributed by atoms with E-state index in [4.69, 9.17) is 0 Å². The zero-order valence-electron chi connectivity index (χ0n) is 8.58. The van der Waals surface area contributed by atoms with Crippen LogP contribution < -0.4 is 0 Å². The molecular formula is C10H10O5. The second-order valence-electron chi connectivity index (χ2n) is 3.18. The van der Waals surface area contributed by atoms with Crippen molar-refractivity contribution < 1.29 is 24.2 Å². The average molecular weight is 210 g/mol. The Labute approximate surface area is 86.0 Å². The summed E-state index contributed by atoms with van der Waals surface area (Å²) in [4.78, 5) is 33.6. The van der Waals surface area contributed by atoms with Crippen molar-refractivity contribution in [2.24, 2.45) is 0 Å². The summed E-state index contributed by atoms with van der Waals surface area (Å²) in [5.74, 6) is -2.90. The minimum Gasteiger partial charge on any atom is -0.504 e. The maximum atomic E-state index is 11.5. The molecule has 1 aliphatic carbocycles. The van der Waals surface area contributed by atoms with Crippen LogP contribution in [0.5, 0.6) is 0 Å². The van der Waals surface area contributed by atoms with Gasteiger partial charge in [-0.25, -0.2) is 0 Å². The van der Waals surface area contributed by atoms with Crippen LogP contribution in [0.3, 0.4) is 0 Å². The quantitative estimate of drug-likeness (QED) is 0.511. The molecule has 0 radical (unpaired) electrons. The summed E-state index contributed by atoms with van der Waals surface area (Å²) in [6.45, 7) is 3.75. The Morgan fingerprint density at radius 2 is 1.67 bits per heavy atom. The SMILES string of the molecule is CC(=O)OC1=C(C)C(=O)C(O)=C(C)C1=O. The lowest BCUT2D eigenvalue weighted by atomic mass is 9.95. The van der Waals surface area contributed by atoms with Gasteiger partial charge in [0.15, 0.2) is 11.5 Å². The van der Waals surface area contributed by atoms with E-state index >= 15 is 0 Å². The predicted octanol–water partition coefficient (Wildman–Crippen LogP) is 0.807. The standard InChI is InChI=1S/C10H10O5/c1-4-7(12)8(13)5(2)10(9(4)14)15-6(3)11/h12H,1-3H3. The van der Waals surface area contributed by atoms with Gasteiger partial charge in [-0.2, -0.15) is 0 Å². The number of carbonyl (C=O) groups is 3. The molecule has 0 saturated carbocycles. The second kappa shape index (κ2) is 3.68. The van der Waals surface area contributed by atoms with Crippen molar-refractivity contribution >= 4 is 17.5 Å². The molecule has 0 amide bonds. The van der Waals surface area contributed by atoms with Gasteiger partial charge >= 0.3 is 5.97 Å². The van der Waals surface area contributed by atoms with Crippen LogP contribution >= 0.6 is 0 Å². The number of hydrogen-bond acceptors (Lipinski definition) is 5. The number of rotatable bonds is 1. The Kier molecular flexibility index (Phi) is 2.74. The molecule has 0 atom stereocenters. The first-order chi connectivity index (χ1) is 6.86. The van der Waals surface area contributed by atoms with E-state index in [2.05, 4.69) is 4.74 Å². The zero-order chi connectivity index (χ0) is 11.7. The van der Waals surface area contributed by atoms with E-state index in [9.17, 15) is 19.5 Å². The molecule has 0 aliphatic heterocycles. The molecule has 15 heavy (non-hydrogen) atoms. The number of ether oxygens (including phenoxy) is 1. The predicted molar refractivity (Wildman–Crippen MR) is 49.8 cm³/mol. The van der Waals surface area contributed by atoms with Gasteiger partial charge in [-0.1, -0.05) is 0 Å². The fraction of sp³-hybridized carbons (Fsp3) is 0.300. The number of Topliss-reactive ketones (excluding diaryl/α,β-unsaturated/α-hetero) is 2. The molecule has 1 aliphatic rings. The minimum absolute atomic E-state index is 0.0571. The molecule has 80 valence electrons. The average Bonchev–Trinajstić information content (AvgIpc) is 2.18. The van der Waals surface area contributed by atoms with Crippen molar-refractivity contribution in [1.82, 2.24) is 0 Å². The summed E-state index contributed by atoms with van der Waals surface area (Å²) in [6, 6.07) is 0. The molecule has 1 N–H and O–H groups in total. The number of esters is 1. The van der Waals surface area contributed by atoms with Crippen molar-refractivity contribution in [2.45, 2.75) is 20.8 Å². The van der Waals surface area contributed by atoms with Crippen LogP contribution in [0.1, 0.15) is 20.8 Å². The van der Waals surface area contributed by atoms with Gasteiger partial charge in [-0.15, -0.1) is 0 Å². The van der Waals surface area contributed by atoms with Crippen molar-refractivity contribution in [3.63, 3.8) is 0 Å². The van der Waals surface area contributed by atoms with Crippen LogP contribution in [0.2, 0.25) is 0 Å². The fourth-order valence-electron chi connectivity index (χ4n) is 1.17. The van der Waals surface area contributed by atoms with E-state index in [0.717, 1.165) is 6.92 Å². The fourth-order valence-corrected chi connectivity index (χ4v) is 1.17. The first kappa shape index (κ1) is 11.2. The maximum absolute atomic E-state index is 11.5. The minimum atomic E-state index is -0.691. The second-order valence-corrected chi connectivity index (χ2v) is 3.18. The summed E-state index contributed by atoms with van der Waals surface area (Å²) in [7, 11) is 0. The molecule has 0 aromatic carbocycles. The first-order valence-corrected chi connectivity index (χ1v) is 4.24. The smallest absolute Gasteiger partial charge is 0.308 e. The highest BCUT2D eigenvalue weighted by atomic mass is 16.5. The normalized spacial score (nSPS) is 17.3. The molecule has 0 unspecified atom stereocenters. The van der Waals surface area contributed by atoms with E-state index < -0.39 is 23.3 Å². The van der Waals surface area contributed by atoms with Gasteiger partial charge in [0.05, 0.1) is 0 Å². The van der Waals surface area contributed by atoms with Crippen LogP contribution in [-0.4, -0.2) is 22.6 Å². The van der Waals surface area contributed by atoms with Gasteiger partial charge in [0.2, 0.25) is 11.6 Å². The third-order valence-electron chi connectivity index (χ3n) is 2.04. The molecular weight excluding hydrogens is 200 g/mol. The van der Waals surface area contributed by atoms with Crippen molar-refractivity contribution in [3.8, 4) is 0 Å². The largest absolute Gasteiger partial charge is 0.504 e. The Balaban J connectivity index is 3.22. The summed E-state index contributed by atoms with van der Waals surface area (Å²) in [5, 5.41) is 9.27. The number of ketones is 2. The van der Waals surface area contributed by atoms with Gasteiger partial charge < -0.3 is 9.84 Å². The Morgan fingerprint density at radius 1 is 1.13 bits per heavy atom. The van der Waals surface area contributed by atoms with Gasteiger partial charge in [-0.3, -0.25) is 14.4 Å². The topological polar surface area (TPSA) is 80.7 Å². The molecule has 0 bridgehead atoms. The highest BCUT2D eigenvalue weighted by molar-refractivity contribution is 6.23. The van der Waals surface area contributed by atoms with Crippen LogP contribution in [0.4, 0.5) is 0 Å². The lowest BCUT2D eigenvalue weighted by Gasteiger charge is -2.15. The Bertz CT molecular complexity index is 425. The van der Waals surface area contributed by atoms with E-state index in [0.29, 0.717) is 0 Å². The van der Waals surface area contributed by atoms with Crippen molar-refractivity contribution in [2.75, 3.05) is 0 Å². The zero-order valence-corrected chi connectivity index (χ0v) is 8.58. The Morgan fingerprint density at radius 3 is 2.13 bits per heavy atom. The third-order valence-corrected chi connectivity index (χ3v) is 2.04. The highest BCUT2D eigenvalue weighted by Crippen LogP contribution is 2.23. The van der Waals surface area contributed by atoms with Gasteiger partial charge in [0.1, 0.15) is 0 Å².